The first-order chi connectivity index (χ1) is 9.29. The first-order valence-corrected chi connectivity index (χ1v) is 7.63. The molecule has 1 fully saturated rings. The van der Waals surface area contributed by atoms with E-state index in [-0.39, 0.29) is 6.04 Å². The second-order valence-electron chi connectivity index (χ2n) is 5.82. The number of benzene rings is 1. The van der Waals surface area contributed by atoms with Crippen molar-refractivity contribution < 1.29 is 4.74 Å². The van der Waals surface area contributed by atoms with Crippen LogP contribution in [0.25, 0.3) is 0 Å². The maximum Gasteiger partial charge on any atom is 0.0502 e. The average Bonchev–Trinajstić information content (AvgIpc) is 2.96. The van der Waals surface area contributed by atoms with Gasteiger partial charge in [0, 0.05) is 13.2 Å². The Morgan fingerprint density at radius 2 is 1.89 bits per heavy atom. The Bertz CT molecular complexity index is 354. The topological polar surface area (TPSA) is 35.2 Å². The summed E-state index contributed by atoms with van der Waals surface area (Å²) in [6.45, 7) is 0.785. The highest BCUT2D eigenvalue weighted by molar-refractivity contribution is 5.25. The van der Waals surface area contributed by atoms with Crippen molar-refractivity contribution in [2.75, 3.05) is 13.7 Å². The van der Waals surface area contributed by atoms with Crippen molar-refractivity contribution in [1.29, 1.82) is 0 Å². The molecule has 1 aliphatic carbocycles. The van der Waals surface area contributed by atoms with Crippen molar-refractivity contribution in [3.63, 3.8) is 0 Å². The van der Waals surface area contributed by atoms with Crippen molar-refractivity contribution in [1.82, 2.24) is 0 Å². The molecule has 1 aromatic rings. The SMILES string of the molecule is COCCc1ccc(C(N)CCC2CCCC2)cc1. The summed E-state index contributed by atoms with van der Waals surface area (Å²) in [6.07, 6.45) is 9.09. The van der Waals surface area contributed by atoms with Crippen molar-refractivity contribution in [3.8, 4) is 0 Å². The monoisotopic (exact) mass is 261 g/mol. The fourth-order valence-corrected chi connectivity index (χ4v) is 3.03. The number of rotatable bonds is 7. The molecule has 1 aromatic carbocycles. The predicted octanol–water partition coefficient (Wildman–Crippen LogP) is 3.85. The molecule has 1 unspecified atom stereocenters. The molecule has 1 saturated carbocycles. The molecule has 0 saturated heterocycles. The van der Waals surface area contributed by atoms with E-state index < -0.39 is 0 Å². The molecule has 0 heterocycles. The van der Waals surface area contributed by atoms with E-state index in [9.17, 15) is 0 Å². The lowest BCUT2D eigenvalue weighted by molar-refractivity contribution is 0.202. The second-order valence-corrected chi connectivity index (χ2v) is 5.82. The zero-order valence-corrected chi connectivity index (χ0v) is 12.1. The van der Waals surface area contributed by atoms with E-state index in [2.05, 4.69) is 24.3 Å². The third-order valence-electron chi connectivity index (χ3n) is 4.36. The molecule has 2 heteroatoms. The summed E-state index contributed by atoms with van der Waals surface area (Å²) in [5.41, 5.74) is 8.90. The molecule has 19 heavy (non-hydrogen) atoms. The minimum absolute atomic E-state index is 0.206. The van der Waals surface area contributed by atoms with Crippen LogP contribution in [-0.2, 0) is 11.2 Å². The highest BCUT2D eigenvalue weighted by Crippen LogP contribution is 2.30. The summed E-state index contributed by atoms with van der Waals surface area (Å²) >= 11 is 0. The van der Waals surface area contributed by atoms with Crippen LogP contribution < -0.4 is 5.73 Å². The molecule has 0 aromatic heterocycles. The number of hydrogen-bond donors (Lipinski definition) is 1. The van der Waals surface area contributed by atoms with Crippen molar-refractivity contribution >= 4 is 0 Å². The molecule has 106 valence electrons. The Labute approximate surface area is 117 Å². The molecular formula is C17H27NO. The fraction of sp³-hybridized carbons (Fsp3) is 0.647. The van der Waals surface area contributed by atoms with Crippen molar-refractivity contribution in [3.05, 3.63) is 35.4 Å². The molecular weight excluding hydrogens is 234 g/mol. The lowest BCUT2D eigenvalue weighted by Gasteiger charge is -2.15. The molecule has 2 N–H and O–H groups in total. The van der Waals surface area contributed by atoms with Gasteiger partial charge in [-0.25, -0.2) is 0 Å². The van der Waals surface area contributed by atoms with E-state index in [0.717, 1.165) is 25.4 Å². The second kappa shape index (κ2) is 7.66. The molecule has 0 aliphatic heterocycles. The number of ether oxygens (including phenoxy) is 1. The quantitative estimate of drug-likeness (QED) is 0.809. The van der Waals surface area contributed by atoms with Gasteiger partial charge in [0.2, 0.25) is 0 Å². The summed E-state index contributed by atoms with van der Waals surface area (Å²) in [7, 11) is 1.74. The van der Waals surface area contributed by atoms with Gasteiger partial charge in [-0.05, 0) is 36.3 Å². The largest absolute Gasteiger partial charge is 0.384 e. The lowest BCUT2D eigenvalue weighted by Crippen LogP contribution is -2.11. The van der Waals surface area contributed by atoms with Crippen LogP contribution in [0.2, 0.25) is 0 Å². The molecule has 0 radical (unpaired) electrons. The normalized spacial score (nSPS) is 17.8. The lowest BCUT2D eigenvalue weighted by atomic mass is 9.95. The molecule has 1 aliphatic rings. The van der Waals surface area contributed by atoms with Gasteiger partial charge in [0.05, 0.1) is 6.61 Å². The summed E-state index contributed by atoms with van der Waals surface area (Å²) in [5.74, 6) is 0.937. The first kappa shape index (κ1) is 14.5. The van der Waals surface area contributed by atoms with Crippen molar-refractivity contribution in [2.45, 2.75) is 51.0 Å². The van der Waals surface area contributed by atoms with Gasteiger partial charge in [0.25, 0.3) is 0 Å². The minimum atomic E-state index is 0.206. The van der Waals surface area contributed by atoms with Crippen LogP contribution >= 0.6 is 0 Å². The number of nitrogens with two attached hydrogens (primary N) is 1. The van der Waals surface area contributed by atoms with Crippen molar-refractivity contribution in [2.24, 2.45) is 11.7 Å². The van der Waals surface area contributed by atoms with Crippen LogP contribution in [-0.4, -0.2) is 13.7 Å². The first-order valence-electron chi connectivity index (χ1n) is 7.63. The van der Waals surface area contributed by atoms with E-state index in [1.165, 1.54) is 43.2 Å². The average molecular weight is 261 g/mol. The van der Waals surface area contributed by atoms with Crippen LogP contribution in [0, 0.1) is 5.92 Å². The van der Waals surface area contributed by atoms with E-state index in [1.54, 1.807) is 7.11 Å². The van der Waals surface area contributed by atoms with Crippen LogP contribution in [0.3, 0.4) is 0 Å². The third kappa shape index (κ3) is 4.63. The van der Waals surface area contributed by atoms with Gasteiger partial charge in [-0.2, -0.15) is 0 Å². The van der Waals surface area contributed by atoms with Gasteiger partial charge in [0.15, 0.2) is 0 Å². The molecule has 2 nitrogen and oxygen atoms in total. The minimum Gasteiger partial charge on any atom is -0.384 e. The molecule has 1 atom stereocenters. The zero-order chi connectivity index (χ0) is 13.5. The smallest absolute Gasteiger partial charge is 0.0502 e. The zero-order valence-electron chi connectivity index (χ0n) is 12.1. The molecule has 0 amide bonds. The van der Waals surface area contributed by atoms with Crippen LogP contribution in [0.15, 0.2) is 24.3 Å². The van der Waals surface area contributed by atoms with Crippen LogP contribution in [0.1, 0.15) is 55.7 Å². The van der Waals surface area contributed by atoms with Gasteiger partial charge >= 0.3 is 0 Å². The third-order valence-corrected chi connectivity index (χ3v) is 4.36. The summed E-state index contributed by atoms with van der Waals surface area (Å²) < 4.78 is 5.09. The number of methoxy groups -OCH3 is 1. The van der Waals surface area contributed by atoms with E-state index in [1.807, 2.05) is 0 Å². The fourth-order valence-electron chi connectivity index (χ4n) is 3.03. The highest BCUT2D eigenvalue weighted by Gasteiger charge is 2.16. The van der Waals surface area contributed by atoms with Crippen LogP contribution in [0.4, 0.5) is 0 Å². The number of hydrogen-bond acceptors (Lipinski definition) is 2. The standard InChI is InChI=1S/C17H27NO/c1-19-13-12-15-6-9-16(10-7-15)17(18)11-8-14-4-2-3-5-14/h6-7,9-10,14,17H,2-5,8,11-13,18H2,1H3. The molecule has 0 spiro atoms. The summed E-state index contributed by atoms with van der Waals surface area (Å²) in [6, 6.07) is 8.94. The van der Waals surface area contributed by atoms with Crippen LogP contribution in [0.5, 0.6) is 0 Å². The van der Waals surface area contributed by atoms with Gasteiger partial charge in [-0.3, -0.25) is 0 Å². The van der Waals surface area contributed by atoms with Gasteiger partial charge in [0.1, 0.15) is 0 Å². The van der Waals surface area contributed by atoms with E-state index in [4.69, 9.17) is 10.5 Å². The Balaban J connectivity index is 1.79. The Hall–Kier alpha value is -0.860. The maximum atomic E-state index is 6.30. The van der Waals surface area contributed by atoms with E-state index in [0.29, 0.717) is 0 Å². The molecule has 0 bridgehead atoms. The van der Waals surface area contributed by atoms with Gasteiger partial charge in [-0.15, -0.1) is 0 Å². The Kier molecular flexibility index (Phi) is 5.87. The Morgan fingerprint density at radius 3 is 2.53 bits per heavy atom. The van der Waals surface area contributed by atoms with Gasteiger partial charge < -0.3 is 10.5 Å². The van der Waals surface area contributed by atoms with Gasteiger partial charge in [-0.1, -0.05) is 49.9 Å². The predicted molar refractivity (Wildman–Crippen MR) is 80.1 cm³/mol. The highest BCUT2D eigenvalue weighted by atomic mass is 16.5. The maximum absolute atomic E-state index is 6.30. The summed E-state index contributed by atoms with van der Waals surface area (Å²) in [5, 5.41) is 0. The summed E-state index contributed by atoms with van der Waals surface area (Å²) in [4.78, 5) is 0. The molecule has 2 rings (SSSR count). The Morgan fingerprint density at radius 1 is 1.21 bits per heavy atom. The van der Waals surface area contributed by atoms with E-state index >= 15 is 0 Å².